The number of hydrogen-bond acceptors (Lipinski definition) is 4. The molecule has 2 aromatic rings. The van der Waals surface area contributed by atoms with Crippen LogP contribution in [0.5, 0.6) is 11.5 Å². The summed E-state index contributed by atoms with van der Waals surface area (Å²) in [6.07, 6.45) is 0. The zero-order valence-corrected chi connectivity index (χ0v) is 15.4. The average molecular weight is 421 g/mol. The first-order valence-electron chi connectivity index (χ1n) is 5.95. The van der Waals surface area contributed by atoms with Crippen LogP contribution in [0.4, 0.5) is 0 Å². The van der Waals surface area contributed by atoms with Crippen LogP contribution in [-0.4, -0.2) is 21.3 Å². The molecule has 6 heteroatoms. The third kappa shape index (κ3) is 3.03. The summed E-state index contributed by atoms with van der Waals surface area (Å²) in [4.78, 5) is 1.22. The minimum Gasteiger partial charge on any atom is -0.495 e. The normalized spacial score (nSPS) is 12.2. The molecule has 1 atom stereocenters. The summed E-state index contributed by atoms with van der Waals surface area (Å²) in [5.74, 6) is 1.54. The fourth-order valence-electron chi connectivity index (χ4n) is 2.08. The second-order valence-corrected chi connectivity index (χ2v) is 7.36. The molecule has 1 aromatic heterocycles. The van der Waals surface area contributed by atoms with Crippen LogP contribution in [0, 0.1) is 0 Å². The van der Waals surface area contributed by atoms with E-state index in [0.29, 0.717) is 0 Å². The van der Waals surface area contributed by atoms with Gasteiger partial charge in [-0.05, 0) is 63.2 Å². The fourth-order valence-corrected chi connectivity index (χ4v) is 4.32. The predicted octanol–water partition coefficient (Wildman–Crippen LogP) is 4.60. The second-order valence-electron chi connectivity index (χ2n) is 4.07. The van der Waals surface area contributed by atoms with Crippen LogP contribution in [0.1, 0.15) is 16.5 Å². The number of halogens is 2. The van der Waals surface area contributed by atoms with Crippen molar-refractivity contribution in [3.63, 3.8) is 0 Å². The van der Waals surface area contributed by atoms with Crippen LogP contribution in [-0.2, 0) is 0 Å². The lowest BCUT2D eigenvalue weighted by molar-refractivity contribution is 0.383. The highest BCUT2D eigenvalue weighted by molar-refractivity contribution is 9.11. The van der Waals surface area contributed by atoms with Gasteiger partial charge in [0.1, 0.15) is 16.0 Å². The Morgan fingerprint density at radius 2 is 1.85 bits per heavy atom. The highest BCUT2D eigenvalue weighted by Crippen LogP contribution is 2.42. The van der Waals surface area contributed by atoms with E-state index in [1.807, 2.05) is 19.2 Å². The number of rotatable bonds is 5. The van der Waals surface area contributed by atoms with Crippen LogP contribution in [0.25, 0.3) is 0 Å². The minimum absolute atomic E-state index is 0.0726. The molecule has 0 fully saturated rings. The molecule has 0 saturated carbocycles. The van der Waals surface area contributed by atoms with Gasteiger partial charge in [-0.2, -0.15) is 0 Å². The van der Waals surface area contributed by atoms with Gasteiger partial charge in [0, 0.05) is 10.4 Å². The van der Waals surface area contributed by atoms with Crippen molar-refractivity contribution >= 4 is 43.2 Å². The Labute approximate surface area is 139 Å². The Balaban J connectivity index is 2.52. The molecule has 0 bridgehead atoms. The molecule has 0 radical (unpaired) electrons. The van der Waals surface area contributed by atoms with Crippen molar-refractivity contribution in [2.75, 3.05) is 21.3 Å². The maximum Gasteiger partial charge on any atom is 0.141 e. The maximum atomic E-state index is 5.56. The Bertz CT molecular complexity index is 601. The third-order valence-electron chi connectivity index (χ3n) is 2.99. The maximum absolute atomic E-state index is 5.56. The van der Waals surface area contributed by atoms with Gasteiger partial charge in [-0.25, -0.2) is 0 Å². The summed E-state index contributed by atoms with van der Waals surface area (Å²) in [5, 5.41) is 3.34. The molecule has 0 aliphatic rings. The second kappa shape index (κ2) is 6.93. The van der Waals surface area contributed by atoms with Crippen LogP contribution in [0.2, 0.25) is 0 Å². The molecule has 108 valence electrons. The smallest absolute Gasteiger partial charge is 0.141 e. The topological polar surface area (TPSA) is 30.5 Å². The lowest BCUT2D eigenvalue weighted by atomic mass is 10.0. The van der Waals surface area contributed by atoms with E-state index in [1.165, 1.54) is 4.88 Å². The molecular formula is C14H15Br2NO2S. The molecule has 0 aliphatic heterocycles. The molecule has 1 aromatic carbocycles. The van der Waals surface area contributed by atoms with Crippen molar-refractivity contribution < 1.29 is 9.47 Å². The van der Waals surface area contributed by atoms with Crippen molar-refractivity contribution in [1.29, 1.82) is 0 Å². The summed E-state index contributed by atoms with van der Waals surface area (Å²) >= 11 is 8.75. The first kappa shape index (κ1) is 15.8. The quantitative estimate of drug-likeness (QED) is 0.766. The highest BCUT2D eigenvalue weighted by atomic mass is 79.9. The van der Waals surface area contributed by atoms with E-state index in [1.54, 1.807) is 25.6 Å². The van der Waals surface area contributed by atoms with E-state index in [9.17, 15) is 0 Å². The minimum atomic E-state index is 0.0726. The van der Waals surface area contributed by atoms with Crippen molar-refractivity contribution in [2.45, 2.75) is 6.04 Å². The van der Waals surface area contributed by atoms with E-state index < -0.39 is 0 Å². The Morgan fingerprint density at radius 1 is 1.10 bits per heavy atom. The van der Waals surface area contributed by atoms with Gasteiger partial charge in [-0.3, -0.25) is 0 Å². The molecule has 1 N–H and O–H groups in total. The van der Waals surface area contributed by atoms with Crippen LogP contribution >= 0.6 is 43.2 Å². The summed E-state index contributed by atoms with van der Waals surface area (Å²) < 4.78 is 12.8. The number of nitrogens with one attached hydrogen (secondary N) is 1. The molecule has 2 rings (SSSR count). The number of thiophene rings is 1. The highest BCUT2D eigenvalue weighted by Gasteiger charge is 2.21. The van der Waals surface area contributed by atoms with Crippen molar-refractivity contribution in [1.82, 2.24) is 5.32 Å². The zero-order chi connectivity index (χ0) is 14.7. The van der Waals surface area contributed by atoms with E-state index >= 15 is 0 Å². The van der Waals surface area contributed by atoms with Gasteiger partial charge < -0.3 is 14.8 Å². The van der Waals surface area contributed by atoms with Crippen LogP contribution < -0.4 is 14.8 Å². The molecule has 0 aliphatic carbocycles. The predicted molar refractivity (Wildman–Crippen MR) is 90.2 cm³/mol. The number of benzene rings is 1. The van der Waals surface area contributed by atoms with E-state index in [4.69, 9.17) is 9.47 Å². The van der Waals surface area contributed by atoms with Gasteiger partial charge in [0.2, 0.25) is 0 Å². The summed E-state index contributed by atoms with van der Waals surface area (Å²) in [5.41, 5.74) is 1.07. The van der Waals surface area contributed by atoms with E-state index in [-0.39, 0.29) is 6.04 Å². The van der Waals surface area contributed by atoms with Gasteiger partial charge in [0.15, 0.2) is 0 Å². The molecule has 0 saturated heterocycles. The van der Waals surface area contributed by atoms with E-state index in [2.05, 4.69) is 49.3 Å². The lowest BCUT2D eigenvalue weighted by Gasteiger charge is -2.20. The number of hydrogen-bond donors (Lipinski definition) is 1. The first-order chi connectivity index (χ1) is 9.62. The fraction of sp³-hybridized carbons (Fsp3) is 0.286. The Kier molecular flexibility index (Phi) is 5.49. The van der Waals surface area contributed by atoms with Gasteiger partial charge in [-0.15, -0.1) is 11.3 Å². The molecule has 1 heterocycles. The summed E-state index contributed by atoms with van der Waals surface area (Å²) in [6.45, 7) is 0. The molecular weight excluding hydrogens is 406 g/mol. The largest absolute Gasteiger partial charge is 0.495 e. The SMILES string of the molecule is CNC(c1ccc(Br)s1)c1ccc(OC)c(Br)c1OC. The zero-order valence-electron chi connectivity index (χ0n) is 11.4. The molecule has 0 spiro atoms. The Morgan fingerprint density at radius 3 is 2.35 bits per heavy atom. The Hall–Kier alpha value is -0.560. The first-order valence-corrected chi connectivity index (χ1v) is 8.35. The van der Waals surface area contributed by atoms with Gasteiger partial charge in [-0.1, -0.05) is 0 Å². The molecule has 1 unspecified atom stereocenters. The van der Waals surface area contributed by atoms with Crippen molar-refractivity contribution in [3.8, 4) is 11.5 Å². The van der Waals surface area contributed by atoms with Gasteiger partial charge in [0.25, 0.3) is 0 Å². The summed E-state index contributed by atoms with van der Waals surface area (Å²) in [7, 11) is 5.25. The van der Waals surface area contributed by atoms with E-state index in [0.717, 1.165) is 25.3 Å². The van der Waals surface area contributed by atoms with Crippen LogP contribution in [0.3, 0.4) is 0 Å². The lowest BCUT2D eigenvalue weighted by Crippen LogP contribution is -2.17. The van der Waals surface area contributed by atoms with Crippen molar-refractivity contribution in [3.05, 3.63) is 43.0 Å². The molecule has 3 nitrogen and oxygen atoms in total. The van der Waals surface area contributed by atoms with Crippen molar-refractivity contribution in [2.24, 2.45) is 0 Å². The summed E-state index contributed by atoms with van der Waals surface area (Å²) in [6, 6.07) is 8.19. The third-order valence-corrected chi connectivity index (χ3v) is 5.43. The molecule has 0 amide bonds. The van der Waals surface area contributed by atoms with Crippen LogP contribution in [0.15, 0.2) is 32.5 Å². The molecule has 20 heavy (non-hydrogen) atoms. The van der Waals surface area contributed by atoms with Gasteiger partial charge in [0.05, 0.1) is 24.0 Å². The monoisotopic (exact) mass is 419 g/mol. The van der Waals surface area contributed by atoms with Gasteiger partial charge >= 0.3 is 0 Å². The number of methoxy groups -OCH3 is 2. The number of ether oxygens (including phenoxy) is 2. The standard InChI is InChI=1S/C14H15Br2NO2S/c1-17-13(10-6-7-11(15)20-10)8-4-5-9(18-2)12(16)14(8)19-3/h4-7,13,17H,1-3H3. The average Bonchev–Trinajstić information content (AvgIpc) is 2.86.